The fraction of sp³-hybridized carbons (Fsp3) is 0.250. The van der Waals surface area contributed by atoms with Crippen molar-refractivity contribution in [1.82, 2.24) is 25.1 Å². The van der Waals surface area contributed by atoms with Crippen molar-refractivity contribution in [3.05, 3.63) is 53.2 Å². The van der Waals surface area contributed by atoms with Gasteiger partial charge in [-0.15, -0.1) is 0 Å². The molecule has 2 N–H and O–H groups in total. The molecule has 0 radical (unpaired) electrons. The zero-order valence-corrected chi connectivity index (χ0v) is 19.1. The standard InChI is InChI=1S/C24H21F2N5O4/c1-11(10-32)31-9-13-6-12(4-5-14(13)24(31)33)21-15-8-27-23(28-22(15)30-29-21)18-19(25)16(34-2)7-17(35-3)20(18)26/h4-8,11,32H,9-10H2,1-3H3,(H,27,28,29,30). The highest BCUT2D eigenvalue weighted by Gasteiger charge is 2.31. The van der Waals surface area contributed by atoms with Crippen LogP contribution in [-0.2, 0) is 6.54 Å². The molecule has 1 atom stereocenters. The van der Waals surface area contributed by atoms with Gasteiger partial charge >= 0.3 is 0 Å². The van der Waals surface area contributed by atoms with Crippen LogP contribution in [0.1, 0.15) is 22.8 Å². The molecule has 1 unspecified atom stereocenters. The number of benzene rings is 2. The first-order chi connectivity index (χ1) is 16.9. The largest absolute Gasteiger partial charge is 0.494 e. The van der Waals surface area contributed by atoms with E-state index in [0.717, 1.165) is 17.2 Å². The third kappa shape index (κ3) is 3.55. The van der Waals surface area contributed by atoms with Crippen LogP contribution in [0.15, 0.2) is 30.5 Å². The van der Waals surface area contributed by atoms with E-state index in [0.29, 0.717) is 23.2 Å². The molecule has 180 valence electrons. The minimum Gasteiger partial charge on any atom is -0.494 e. The number of H-pyrrole nitrogens is 1. The lowest BCUT2D eigenvalue weighted by molar-refractivity contribution is 0.0644. The molecule has 9 nitrogen and oxygen atoms in total. The summed E-state index contributed by atoms with van der Waals surface area (Å²) < 4.78 is 39.8. The SMILES string of the molecule is COc1cc(OC)c(F)c(-c2ncc3c(-c4ccc5c(c4)CN(C(C)CO)C5=O)[nH]nc3n2)c1F. The number of hydrogen-bond acceptors (Lipinski definition) is 7. The molecule has 1 amide bonds. The average Bonchev–Trinajstić information content (AvgIpc) is 3.44. The maximum absolute atomic E-state index is 14.9. The second-order valence-corrected chi connectivity index (χ2v) is 8.15. The Kier molecular flexibility index (Phi) is 5.56. The van der Waals surface area contributed by atoms with E-state index in [9.17, 15) is 18.7 Å². The number of aromatic nitrogens is 4. The second kappa shape index (κ2) is 8.58. The highest BCUT2D eigenvalue weighted by atomic mass is 19.1. The van der Waals surface area contributed by atoms with Crippen molar-refractivity contribution in [1.29, 1.82) is 0 Å². The van der Waals surface area contributed by atoms with Crippen LogP contribution in [0.3, 0.4) is 0 Å². The van der Waals surface area contributed by atoms with Gasteiger partial charge in [-0.05, 0) is 24.6 Å². The Balaban J connectivity index is 1.55. The number of carbonyl (C=O) groups is 1. The van der Waals surface area contributed by atoms with Gasteiger partial charge in [-0.2, -0.15) is 5.10 Å². The molecule has 2 aromatic carbocycles. The molecular formula is C24H21F2N5O4. The van der Waals surface area contributed by atoms with E-state index in [1.807, 2.05) is 6.07 Å². The number of carbonyl (C=O) groups excluding carboxylic acids is 1. The molecule has 5 rings (SSSR count). The van der Waals surface area contributed by atoms with Gasteiger partial charge in [-0.1, -0.05) is 6.07 Å². The second-order valence-electron chi connectivity index (χ2n) is 8.15. The molecule has 0 bridgehead atoms. The highest BCUT2D eigenvalue weighted by molar-refractivity contribution is 6.00. The van der Waals surface area contributed by atoms with Crippen LogP contribution in [0.2, 0.25) is 0 Å². The summed E-state index contributed by atoms with van der Waals surface area (Å²) in [5, 5.41) is 17.1. The van der Waals surface area contributed by atoms with E-state index in [1.165, 1.54) is 20.4 Å². The van der Waals surface area contributed by atoms with Gasteiger partial charge in [0, 0.05) is 29.9 Å². The minimum absolute atomic E-state index is 0.127. The zero-order chi connectivity index (χ0) is 24.9. The summed E-state index contributed by atoms with van der Waals surface area (Å²) in [6.45, 7) is 2.04. The number of methoxy groups -OCH3 is 2. The molecule has 1 aliphatic rings. The number of nitrogens with zero attached hydrogens (tertiary/aromatic N) is 4. The topological polar surface area (TPSA) is 113 Å². The first-order valence-corrected chi connectivity index (χ1v) is 10.7. The number of nitrogens with one attached hydrogen (secondary N) is 1. The van der Waals surface area contributed by atoms with E-state index in [2.05, 4.69) is 20.2 Å². The Bertz CT molecular complexity index is 1440. The number of rotatable bonds is 6. The van der Waals surface area contributed by atoms with Gasteiger partial charge in [0.25, 0.3) is 5.91 Å². The fourth-order valence-electron chi connectivity index (χ4n) is 4.18. The third-order valence-electron chi connectivity index (χ3n) is 6.13. The molecule has 11 heteroatoms. The Morgan fingerprint density at radius 1 is 1.17 bits per heavy atom. The minimum atomic E-state index is -0.953. The lowest BCUT2D eigenvalue weighted by Gasteiger charge is -2.21. The van der Waals surface area contributed by atoms with Crippen molar-refractivity contribution >= 4 is 16.9 Å². The molecule has 3 heterocycles. The molecule has 0 spiro atoms. The molecule has 4 aromatic rings. The van der Waals surface area contributed by atoms with Gasteiger partial charge in [-0.25, -0.2) is 18.7 Å². The van der Waals surface area contributed by atoms with Gasteiger partial charge in [0.1, 0.15) is 0 Å². The molecule has 1 aliphatic heterocycles. The molecule has 0 fully saturated rings. The van der Waals surface area contributed by atoms with E-state index >= 15 is 0 Å². The molecule has 0 saturated heterocycles. The summed E-state index contributed by atoms with van der Waals surface area (Å²) in [5.74, 6) is -2.66. The van der Waals surface area contributed by atoms with Crippen LogP contribution in [0, 0.1) is 11.6 Å². The van der Waals surface area contributed by atoms with Crippen molar-refractivity contribution in [3.63, 3.8) is 0 Å². The number of ether oxygens (including phenoxy) is 2. The summed E-state index contributed by atoms with van der Waals surface area (Å²) in [7, 11) is 2.52. The summed E-state index contributed by atoms with van der Waals surface area (Å²) in [6.07, 6.45) is 1.43. The Hall–Kier alpha value is -4.12. The monoisotopic (exact) mass is 481 g/mol. The van der Waals surface area contributed by atoms with Gasteiger partial charge in [0.15, 0.2) is 34.6 Å². The summed E-state index contributed by atoms with van der Waals surface area (Å²) in [5.41, 5.74) is 2.46. The Morgan fingerprint density at radius 2 is 1.89 bits per heavy atom. The number of halogens is 2. The normalized spacial score (nSPS) is 13.9. The van der Waals surface area contributed by atoms with Crippen LogP contribution >= 0.6 is 0 Å². The van der Waals surface area contributed by atoms with Crippen molar-refractivity contribution in [2.75, 3.05) is 20.8 Å². The van der Waals surface area contributed by atoms with Crippen LogP contribution in [0.4, 0.5) is 8.78 Å². The van der Waals surface area contributed by atoms with Crippen LogP contribution in [-0.4, -0.2) is 62.9 Å². The molecular weight excluding hydrogens is 460 g/mol. The van der Waals surface area contributed by atoms with E-state index in [4.69, 9.17) is 9.47 Å². The maximum Gasteiger partial charge on any atom is 0.254 e. The van der Waals surface area contributed by atoms with Crippen molar-refractivity contribution in [3.8, 4) is 34.1 Å². The van der Waals surface area contributed by atoms with Gasteiger partial charge in [0.05, 0.1) is 43.5 Å². The van der Waals surface area contributed by atoms with Crippen molar-refractivity contribution < 1.29 is 28.2 Å². The first-order valence-electron chi connectivity index (χ1n) is 10.7. The summed E-state index contributed by atoms with van der Waals surface area (Å²) >= 11 is 0. The number of aliphatic hydroxyl groups excluding tert-OH is 1. The molecule has 2 aromatic heterocycles. The lowest BCUT2D eigenvalue weighted by Crippen LogP contribution is -2.35. The average molecular weight is 481 g/mol. The number of amides is 1. The lowest BCUT2D eigenvalue weighted by atomic mass is 10.0. The zero-order valence-electron chi connectivity index (χ0n) is 19.1. The van der Waals surface area contributed by atoms with Gasteiger partial charge in [0.2, 0.25) is 0 Å². The molecule has 0 aliphatic carbocycles. The summed E-state index contributed by atoms with van der Waals surface area (Å²) in [6, 6.07) is 6.18. The van der Waals surface area contributed by atoms with Crippen molar-refractivity contribution in [2.24, 2.45) is 0 Å². The van der Waals surface area contributed by atoms with E-state index in [-0.39, 0.29) is 41.5 Å². The quantitative estimate of drug-likeness (QED) is 0.434. The predicted octanol–water partition coefficient (Wildman–Crippen LogP) is 3.32. The third-order valence-corrected chi connectivity index (χ3v) is 6.13. The predicted molar refractivity (Wildman–Crippen MR) is 122 cm³/mol. The highest BCUT2D eigenvalue weighted by Crippen LogP contribution is 2.37. The number of aromatic amines is 1. The Labute approximate surface area is 198 Å². The van der Waals surface area contributed by atoms with Crippen LogP contribution < -0.4 is 9.47 Å². The number of fused-ring (bicyclic) bond motifs is 2. The van der Waals surface area contributed by atoms with Crippen LogP contribution in [0.5, 0.6) is 11.5 Å². The Morgan fingerprint density at radius 3 is 2.54 bits per heavy atom. The molecule has 0 saturated carbocycles. The molecule has 35 heavy (non-hydrogen) atoms. The van der Waals surface area contributed by atoms with Crippen LogP contribution in [0.25, 0.3) is 33.7 Å². The van der Waals surface area contributed by atoms with Gasteiger partial charge < -0.3 is 19.5 Å². The van der Waals surface area contributed by atoms with E-state index in [1.54, 1.807) is 24.0 Å². The smallest absolute Gasteiger partial charge is 0.254 e. The number of aliphatic hydroxyl groups is 1. The first kappa shape index (κ1) is 22.7. The summed E-state index contributed by atoms with van der Waals surface area (Å²) in [4.78, 5) is 22.7. The van der Waals surface area contributed by atoms with Crippen molar-refractivity contribution in [2.45, 2.75) is 19.5 Å². The maximum atomic E-state index is 14.9. The fourth-order valence-corrected chi connectivity index (χ4v) is 4.18. The van der Waals surface area contributed by atoms with E-state index < -0.39 is 17.2 Å². The van der Waals surface area contributed by atoms with Gasteiger partial charge in [-0.3, -0.25) is 9.89 Å². The number of hydrogen-bond donors (Lipinski definition) is 2.